The highest BCUT2D eigenvalue weighted by Crippen LogP contribution is 2.25. The summed E-state index contributed by atoms with van der Waals surface area (Å²) in [6.07, 6.45) is 4.78. The lowest BCUT2D eigenvalue weighted by Crippen LogP contribution is -2.34. The first kappa shape index (κ1) is 18.9. The van der Waals surface area contributed by atoms with E-state index in [4.69, 9.17) is 4.74 Å². The van der Waals surface area contributed by atoms with E-state index in [1.165, 1.54) is 19.3 Å². The average Bonchev–Trinajstić information content (AvgIpc) is 2.55. The number of rotatable bonds is 10. The third-order valence-electron chi connectivity index (χ3n) is 3.85. The molecule has 1 aromatic rings. The fraction of sp³-hybridized carbons (Fsp3) is 0.611. The van der Waals surface area contributed by atoms with E-state index < -0.39 is 0 Å². The topological polar surface area (TPSA) is 38.3 Å². The van der Waals surface area contributed by atoms with Gasteiger partial charge in [-0.25, -0.2) is 0 Å². The molecule has 0 saturated carbocycles. The van der Waals surface area contributed by atoms with E-state index in [0.717, 1.165) is 23.6 Å². The molecule has 0 bridgehead atoms. The fourth-order valence-corrected chi connectivity index (χ4v) is 3.14. The molecule has 0 heterocycles. The van der Waals surface area contributed by atoms with Gasteiger partial charge in [-0.2, -0.15) is 0 Å². The zero-order valence-electron chi connectivity index (χ0n) is 14.2. The van der Waals surface area contributed by atoms with E-state index in [1.807, 2.05) is 31.2 Å². The first-order valence-electron chi connectivity index (χ1n) is 8.19. The zero-order valence-corrected chi connectivity index (χ0v) is 15.0. The number of thioether (sulfide) groups is 1. The molecule has 0 unspecified atom stereocenters. The Bertz CT molecular complexity index is 433. The van der Waals surface area contributed by atoms with E-state index in [2.05, 4.69) is 19.2 Å². The number of ether oxygens (including phenoxy) is 1. The Morgan fingerprint density at radius 1 is 1.27 bits per heavy atom. The maximum absolute atomic E-state index is 12.2. The molecule has 0 aromatic heterocycles. The molecule has 1 aromatic carbocycles. The highest BCUT2D eigenvalue weighted by Gasteiger charge is 2.15. The number of carbonyl (C=O) groups excluding carboxylic acids is 1. The van der Waals surface area contributed by atoms with Gasteiger partial charge in [0.15, 0.2) is 0 Å². The molecule has 0 saturated heterocycles. The van der Waals surface area contributed by atoms with Crippen LogP contribution in [0.15, 0.2) is 29.2 Å². The smallest absolute Gasteiger partial charge is 0.233 e. The Morgan fingerprint density at radius 2 is 1.95 bits per heavy atom. The van der Waals surface area contributed by atoms with Crippen LogP contribution in [-0.2, 0) is 4.79 Å². The van der Waals surface area contributed by atoms with E-state index >= 15 is 0 Å². The molecule has 0 aliphatic heterocycles. The molecule has 124 valence electrons. The highest BCUT2D eigenvalue weighted by molar-refractivity contribution is 8.00. The van der Waals surface area contributed by atoms with Gasteiger partial charge < -0.3 is 10.1 Å². The van der Waals surface area contributed by atoms with Crippen LogP contribution in [0, 0.1) is 5.92 Å². The minimum Gasteiger partial charge on any atom is -0.497 e. The lowest BCUT2D eigenvalue weighted by Gasteiger charge is -2.17. The van der Waals surface area contributed by atoms with E-state index in [9.17, 15) is 4.79 Å². The van der Waals surface area contributed by atoms with Gasteiger partial charge in [0, 0.05) is 11.4 Å². The maximum atomic E-state index is 12.2. The minimum absolute atomic E-state index is 0.0860. The minimum atomic E-state index is -0.0860. The van der Waals surface area contributed by atoms with Gasteiger partial charge in [-0.05, 0) is 43.5 Å². The van der Waals surface area contributed by atoms with Gasteiger partial charge in [-0.3, -0.25) is 4.79 Å². The molecule has 0 aliphatic rings. The van der Waals surface area contributed by atoms with E-state index in [1.54, 1.807) is 18.9 Å². The molecule has 2 atom stereocenters. The van der Waals surface area contributed by atoms with Crippen LogP contribution >= 0.6 is 11.8 Å². The Balaban J connectivity index is 2.40. The number of hydrogen-bond donors (Lipinski definition) is 1. The monoisotopic (exact) mass is 323 g/mol. The average molecular weight is 324 g/mol. The Labute approximate surface area is 139 Å². The standard InChI is InChI=1S/C18H29NO2S/c1-5-7-8-15(6-2)13-19-18(20)14(3)22-17-11-9-16(21-4)10-12-17/h9-12,14-15H,5-8,13H2,1-4H3,(H,19,20)/t14-,15+/m0/s1. The quantitative estimate of drug-likeness (QED) is 0.644. The van der Waals surface area contributed by atoms with Crippen molar-refractivity contribution in [2.24, 2.45) is 5.92 Å². The summed E-state index contributed by atoms with van der Waals surface area (Å²) >= 11 is 1.58. The van der Waals surface area contributed by atoms with Crippen LogP contribution in [0.4, 0.5) is 0 Å². The second kappa shape index (κ2) is 10.5. The lowest BCUT2D eigenvalue weighted by atomic mass is 9.99. The number of nitrogens with one attached hydrogen (secondary N) is 1. The summed E-state index contributed by atoms with van der Waals surface area (Å²) < 4.78 is 5.14. The molecule has 1 N–H and O–H groups in total. The molecule has 0 radical (unpaired) electrons. The van der Waals surface area contributed by atoms with Crippen molar-refractivity contribution in [3.8, 4) is 5.75 Å². The second-order valence-electron chi connectivity index (χ2n) is 5.60. The Hall–Kier alpha value is -1.16. The summed E-state index contributed by atoms with van der Waals surface area (Å²) in [6, 6.07) is 7.82. The van der Waals surface area contributed by atoms with Gasteiger partial charge in [-0.15, -0.1) is 11.8 Å². The van der Waals surface area contributed by atoms with E-state index in [0.29, 0.717) is 5.92 Å². The van der Waals surface area contributed by atoms with Crippen LogP contribution in [0.5, 0.6) is 5.75 Å². The van der Waals surface area contributed by atoms with Crippen LogP contribution in [0.3, 0.4) is 0 Å². The van der Waals surface area contributed by atoms with Crippen LogP contribution in [0.25, 0.3) is 0 Å². The molecular formula is C18H29NO2S. The molecular weight excluding hydrogens is 294 g/mol. The maximum Gasteiger partial charge on any atom is 0.233 e. The van der Waals surface area contributed by atoms with Gasteiger partial charge in [-0.1, -0.05) is 33.1 Å². The van der Waals surface area contributed by atoms with Crippen molar-refractivity contribution < 1.29 is 9.53 Å². The first-order valence-corrected chi connectivity index (χ1v) is 9.07. The molecule has 3 nitrogen and oxygen atoms in total. The van der Waals surface area contributed by atoms with Gasteiger partial charge in [0.2, 0.25) is 5.91 Å². The van der Waals surface area contributed by atoms with Crippen LogP contribution < -0.4 is 10.1 Å². The fourth-order valence-electron chi connectivity index (χ4n) is 2.24. The van der Waals surface area contributed by atoms with Crippen molar-refractivity contribution >= 4 is 17.7 Å². The summed E-state index contributed by atoms with van der Waals surface area (Å²) in [7, 11) is 1.65. The van der Waals surface area contributed by atoms with Crippen molar-refractivity contribution in [2.45, 2.75) is 56.6 Å². The van der Waals surface area contributed by atoms with Crippen molar-refractivity contribution in [2.75, 3.05) is 13.7 Å². The van der Waals surface area contributed by atoms with Gasteiger partial charge in [0.1, 0.15) is 5.75 Å². The molecule has 22 heavy (non-hydrogen) atoms. The second-order valence-corrected chi connectivity index (χ2v) is 7.01. The van der Waals surface area contributed by atoms with Gasteiger partial charge in [0.25, 0.3) is 0 Å². The summed E-state index contributed by atoms with van der Waals surface area (Å²) in [4.78, 5) is 13.3. The van der Waals surface area contributed by atoms with Crippen molar-refractivity contribution in [1.29, 1.82) is 0 Å². The first-order chi connectivity index (χ1) is 10.6. The predicted octanol–water partition coefficient (Wildman–Crippen LogP) is 4.51. The zero-order chi connectivity index (χ0) is 16.4. The van der Waals surface area contributed by atoms with E-state index in [-0.39, 0.29) is 11.2 Å². The number of benzene rings is 1. The molecule has 1 rings (SSSR count). The molecule has 0 fully saturated rings. The normalized spacial score (nSPS) is 13.5. The third kappa shape index (κ3) is 6.73. The lowest BCUT2D eigenvalue weighted by molar-refractivity contribution is -0.120. The number of carbonyl (C=O) groups is 1. The van der Waals surface area contributed by atoms with Crippen molar-refractivity contribution in [3.05, 3.63) is 24.3 Å². The number of hydrogen-bond acceptors (Lipinski definition) is 3. The molecule has 4 heteroatoms. The number of amides is 1. The van der Waals surface area contributed by atoms with Crippen LogP contribution in [-0.4, -0.2) is 24.8 Å². The van der Waals surface area contributed by atoms with Crippen LogP contribution in [0.1, 0.15) is 46.5 Å². The Morgan fingerprint density at radius 3 is 2.50 bits per heavy atom. The summed E-state index contributed by atoms with van der Waals surface area (Å²) in [5.74, 6) is 1.56. The molecule has 0 aliphatic carbocycles. The summed E-state index contributed by atoms with van der Waals surface area (Å²) in [5, 5.41) is 3.01. The molecule has 0 spiro atoms. The van der Waals surface area contributed by atoms with Gasteiger partial charge in [0.05, 0.1) is 12.4 Å². The third-order valence-corrected chi connectivity index (χ3v) is 4.96. The molecule has 1 amide bonds. The van der Waals surface area contributed by atoms with Crippen molar-refractivity contribution in [1.82, 2.24) is 5.32 Å². The van der Waals surface area contributed by atoms with Crippen molar-refractivity contribution in [3.63, 3.8) is 0 Å². The van der Waals surface area contributed by atoms with Gasteiger partial charge >= 0.3 is 0 Å². The number of methoxy groups -OCH3 is 1. The number of unbranched alkanes of at least 4 members (excludes halogenated alkanes) is 1. The van der Waals surface area contributed by atoms with Crippen LogP contribution in [0.2, 0.25) is 0 Å². The predicted molar refractivity (Wildman–Crippen MR) is 94.6 cm³/mol. The Kier molecular flexibility index (Phi) is 9.05. The highest BCUT2D eigenvalue weighted by atomic mass is 32.2. The largest absolute Gasteiger partial charge is 0.497 e. The summed E-state index contributed by atoms with van der Waals surface area (Å²) in [6.45, 7) is 7.15. The SMILES string of the molecule is CCCC[C@@H](CC)CNC(=O)[C@H](C)Sc1ccc(OC)cc1. The summed E-state index contributed by atoms with van der Waals surface area (Å²) in [5.41, 5.74) is 0.